The van der Waals surface area contributed by atoms with Crippen LogP contribution in [0.2, 0.25) is 10.0 Å². The van der Waals surface area contributed by atoms with Crippen molar-refractivity contribution in [1.82, 2.24) is 5.32 Å². The van der Waals surface area contributed by atoms with Gasteiger partial charge >= 0.3 is 0 Å². The molecule has 0 heterocycles. The van der Waals surface area contributed by atoms with Gasteiger partial charge < -0.3 is 10.1 Å². The molecule has 0 aliphatic carbocycles. The predicted octanol–water partition coefficient (Wildman–Crippen LogP) is 5.41. The molecule has 0 radical (unpaired) electrons. The Hall–Kier alpha value is -1.22. The molecule has 0 spiro atoms. The minimum Gasteiger partial charge on any atom is -0.496 e. The van der Waals surface area contributed by atoms with Crippen LogP contribution in [-0.2, 0) is 0 Å². The van der Waals surface area contributed by atoms with Crippen molar-refractivity contribution in [2.45, 2.75) is 25.9 Å². The second-order valence-corrected chi connectivity index (χ2v) is 5.78. The number of benzene rings is 2. The summed E-state index contributed by atoms with van der Waals surface area (Å²) < 4.78 is 5.41. The first kappa shape index (κ1) is 16.2. The largest absolute Gasteiger partial charge is 0.496 e. The standard InChI is InChI=1S/C17H19Cl2NO/c1-11(13-7-4-5-10-16(13)21-3)20-12(2)14-8-6-9-15(18)17(14)19/h4-12,20H,1-3H3/t11-,12?/m1/s1. The topological polar surface area (TPSA) is 21.3 Å². The van der Waals surface area contributed by atoms with Gasteiger partial charge in [-0.1, -0.05) is 53.5 Å². The molecule has 0 aliphatic heterocycles. The third-order valence-electron chi connectivity index (χ3n) is 3.55. The van der Waals surface area contributed by atoms with Crippen molar-refractivity contribution < 1.29 is 4.74 Å². The van der Waals surface area contributed by atoms with Gasteiger partial charge in [0, 0.05) is 17.6 Å². The van der Waals surface area contributed by atoms with Gasteiger partial charge in [0.2, 0.25) is 0 Å². The first-order chi connectivity index (χ1) is 10.0. The number of nitrogens with one attached hydrogen (secondary N) is 1. The predicted molar refractivity (Wildman–Crippen MR) is 89.4 cm³/mol. The van der Waals surface area contributed by atoms with Gasteiger partial charge in [-0.2, -0.15) is 0 Å². The number of halogens is 2. The van der Waals surface area contributed by atoms with Gasteiger partial charge in [0.25, 0.3) is 0 Å². The Bertz CT molecular complexity index is 615. The lowest BCUT2D eigenvalue weighted by Gasteiger charge is -2.23. The Morgan fingerprint density at radius 1 is 0.905 bits per heavy atom. The first-order valence-corrected chi connectivity index (χ1v) is 7.63. The maximum Gasteiger partial charge on any atom is 0.123 e. The number of hydrogen-bond donors (Lipinski definition) is 1. The number of methoxy groups -OCH3 is 1. The quantitative estimate of drug-likeness (QED) is 0.793. The maximum atomic E-state index is 6.28. The zero-order valence-corrected chi connectivity index (χ0v) is 13.9. The summed E-state index contributed by atoms with van der Waals surface area (Å²) in [6.07, 6.45) is 0. The SMILES string of the molecule is COc1ccccc1[C@@H](C)NC(C)c1cccc(Cl)c1Cl. The van der Waals surface area contributed by atoms with Crippen LogP contribution >= 0.6 is 23.2 Å². The van der Waals surface area contributed by atoms with Gasteiger partial charge in [0.1, 0.15) is 5.75 Å². The highest BCUT2D eigenvalue weighted by Crippen LogP contribution is 2.32. The lowest BCUT2D eigenvalue weighted by Crippen LogP contribution is -2.23. The molecular weight excluding hydrogens is 305 g/mol. The van der Waals surface area contributed by atoms with E-state index in [-0.39, 0.29) is 12.1 Å². The Kier molecular flexibility index (Phi) is 5.51. The summed E-state index contributed by atoms with van der Waals surface area (Å²) in [4.78, 5) is 0. The van der Waals surface area contributed by atoms with Crippen LogP contribution in [0.15, 0.2) is 42.5 Å². The number of rotatable bonds is 5. The van der Waals surface area contributed by atoms with Crippen LogP contribution in [0.25, 0.3) is 0 Å². The second-order valence-electron chi connectivity index (χ2n) is 5.00. The van der Waals surface area contributed by atoms with Crippen LogP contribution in [-0.4, -0.2) is 7.11 Å². The van der Waals surface area contributed by atoms with Crippen LogP contribution < -0.4 is 10.1 Å². The Morgan fingerprint density at radius 2 is 1.52 bits per heavy atom. The molecule has 0 saturated carbocycles. The number of hydrogen-bond acceptors (Lipinski definition) is 2. The second kappa shape index (κ2) is 7.17. The van der Waals surface area contributed by atoms with Crippen molar-refractivity contribution in [1.29, 1.82) is 0 Å². The summed E-state index contributed by atoms with van der Waals surface area (Å²) in [6.45, 7) is 4.18. The van der Waals surface area contributed by atoms with Crippen molar-refractivity contribution in [3.05, 3.63) is 63.6 Å². The van der Waals surface area contributed by atoms with Crippen LogP contribution in [0, 0.1) is 0 Å². The number of para-hydroxylation sites is 1. The highest BCUT2D eigenvalue weighted by atomic mass is 35.5. The molecule has 2 rings (SSSR count). The van der Waals surface area contributed by atoms with E-state index in [9.17, 15) is 0 Å². The lowest BCUT2D eigenvalue weighted by atomic mass is 10.0. The first-order valence-electron chi connectivity index (χ1n) is 6.87. The van der Waals surface area contributed by atoms with Crippen LogP contribution in [0.3, 0.4) is 0 Å². The molecule has 0 fully saturated rings. The Morgan fingerprint density at radius 3 is 2.24 bits per heavy atom. The third kappa shape index (κ3) is 3.70. The summed E-state index contributed by atoms with van der Waals surface area (Å²) in [5.41, 5.74) is 2.11. The van der Waals surface area contributed by atoms with Gasteiger partial charge in [0.05, 0.1) is 17.2 Å². The summed E-state index contributed by atoms with van der Waals surface area (Å²) in [7, 11) is 1.68. The summed E-state index contributed by atoms with van der Waals surface area (Å²) >= 11 is 12.4. The Balaban J connectivity index is 2.19. The molecule has 2 atom stereocenters. The van der Waals surface area contributed by atoms with E-state index >= 15 is 0 Å². The monoisotopic (exact) mass is 323 g/mol. The van der Waals surface area contributed by atoms with E-state index in [0.29, 0.717) is 10.0 Å². The average molecular weight is 324 g/mol. The molecule has 2 aromatic rings. The smallest absolute Gasteiger partial charge is 0.123 e. The van der Waals surface area contributed by atoms with E-state index in [1.807, 2.05) is 30.3 Å². The molecule has 2 aromatic carbocycles. The molecule has 4 heteroatoms. The zero-order chi connectivity index (χ0) is 15.4. The summed E-state index contributed by atoms with van der Waals surface area (Å²) in [6, 6.07) is 13.9. The van der Waals surface area contributed by atoms with Crippen molar-refractivity contribution in [3.8, 4) is 5.75 Å². The average Bonchev–Trinajstić information content (AvgIpc) is 2.49. The molecule has 112 valence electrons. The minimum absolute atomic E-state index is 0.0797. The van der Waals surface area contributed by atoms with E-state index < -0.39 is 0 Å². The van der Waals surface area contributed by atoms with Gasteiger partial charge in [-0.3, -0.25) is 0 Å². The fourth-order valence-electron chi connectivity index (χ4n) is 2.43. The maximum absolute atomic E-state index is 6.28. The summed E-state index contributed by atoms with van der Waals surface area (Å²) in [5, 5.41) is 4.71. The zero-order valence-electron chi connectivity index (χ0n) is 12.4. The van der Waals surface area contributed by atoms with Crippen molar-refractivity contribution in [3.63, 3.8) is 0 Å². The van der Waals surface area contributed by atoms with E-state index in [0.717, 1.165) is 16.9 Å². The van der Waals surface area contributed by atoms with Crippen LogP contribution in [0.1, 0.15) is 37.1 Å². The molecule has 1 N–H and O–H groups in total. The fraction of sp³-hybridized carbons (Fsp3) is 0.294. The highest BCUT2D eigenvalue weighted by Gasteiger charge is 2.17. The molecule has 2 nitrogen and oxygen atoms in total. The molecule has 0 aliphatic rings. The van der Waals surface area contributed by atoms with E-state index in [1.54, 1.807) is 13.2 Å². The molecule has 0 saturated heterocycles. The lowest BCUT2D eigenvalue weighted by molar-refractivity contribution is 0.396. The van der Waals surface area contributed by atoms with E-state index in [1.165, 1.54) is 0 Å². The molecule has 1 unspecified atom stereocenters. The molecular formula is C17H19Cl2NO. The van der Waals surface area contributed by atoms with E-state index in [4.69, 9.17) is 27.9 Å². The Labute approximate surface area is 136 Å². The van der Waals surface area contributed by atoms with Crippen molar-refractivity contribution in [2.24, 2.45) is 0 Å². The third-order valence-corrected chi connectivity index (χ3v) is 4.39. The molecule has 0 amide bonds. The molecule has 21 heavy (non-hydrogen) atoms. The van der Waals surface area contributed by atoms with Crippen LogP contribution in [0.5, 0.6) is 5.75 Å². The fourth-order valence-corrected chi connectivity index (χ4v) is 2.91. The highest BCUT2D eigenvalue weighted by molar-refractivity contribution is 6.42. The van der Waals surface area contributed by atoms with Gasteiger partial charge in [-0.25, -0.2) is 0 Å². The van der Waals surface area contributed by atoms with Gasteiger partial charge in [-0.15, -0.1) is 0 Å². The van der Waals surface area contributed by atoms with Crippen molar-refractivity contribution >= 4 is 23.2 Å². The molecule has 0 aromatic heterocycles. The van der Waals surface area contributed by atoms with Crippen molar-refractivity contribution in [2.75, 3.05) is 7.11 Å². The van der Waals surface area contributed by atoms with Gasteiger partial charge in [0.15, 0.2) is 0 Å². The number of ether oxygens (including phenoxy) is 1. The van der Waals surface area contributed by atoms with E-state index in [2.05, 4.69) is 25.2 Å². The van der Waals surface area contributed by atoms with Gasteiger partial charge in [-0.05, 0) is 31.5 Å². The van der Waals surface area contributed by atoms with Crippen LogP contribution in [0.4, 0.5) is 0 Å². The molecule has 0 bridgehead atoms. The minimum atomic E-state index is 0.0797. The normalized spacial score (nSPS) is 13.8. The summed E-state index contributed by atoms with van der Waals surface area (Å²) in [5.74, 6) is 0.877.